The Labute approximate surface area is 167 Å². The Hall–Kier alpha value is -2.86. The van der Waals surface area contributed by atoms with E-state index < -0.39 is 17.8 Å². The van der Waals surface area contributed by atoms with Crippen molar-refractivity contribution in [2.75, 3.05) is 0 Å². The van der Waals surface area contributed by atoms with E-state index in [1.54, 1.807) is 30.3 Å². The maximum atomic E-state index is 13.8. The molecule has 2 aromatic rings. The van der Waals surface area contributed by atoms with Gasteiger partial charge in [-0.05, 0) is 43.2 Å². The van der Waals surface area contributed by atoms with Gasteiger partial charge in [0.25, 0.3) is 5.91 Å². The summed E-state index contributed by atoms with van der Waals surface area (Å²) in [4.78, 5) is 25.7. The van der Waals surface area contributed by atoms with Crippen LogP contribution in [0.1, 0.15) is 31.4 Å². The van der Waals surface area contributed by atoms with Gasteiger partial charge in [0.2, 0.25) is 0 Å². The van der Waals surface area contributed by atoms with Crippen LogP contribution in [0.4, 0.5) is 9.18 Å². The highest BCUT2D eigenvalue weighted by atomic mass is 35.5. The zero-order chi connectivity index (χ0) is 20.3. The molecule has 1 aliphatic heterocycles. The smallest absolute Gasteiger partial charge is 0.329 e. The molecule has 1 heterocycles. The molecule has 0 radical (unpaired) electrons. The molecule has 0 bridgehead atoms. The highest BCUT2D eigenvalue weighted by molar-refractivity contribution is 6.32. The number of imide groups is 1. The molecule has 0 aromatic heterocycles. The minimum Gasteiger partial charge on any atom is -0.489 e. The first-order valence-corrected chi connectivity index (χ1v) is 9.31. The van der Waals surface area contributed by atoms with Crippen LogP contribution in [0, 0.1) is 5.82 Å². The summed E-state index contributed by atoms with van der Waals surface area (Å²) in [5.41, 5.74) is 1.01. The third-order valence-corrected chi connectivity index (χ3v) is 4.71. The SMILES string of the molecule is CC[C@@H](C)Oc1ccc(/C=C2/NC(=O)N(Cc3ccccc3F)C2=O)cc1Cl. The van der Waals surface area contributed by atoms with Crippen molar-refractivity contribution >= 4 is 29.6 Å². The van der Waals surface area contributed by atoms with Crippen molar-refractivity contribution in [3.63, 3.8) is 0 Å². The molecule has 3 amide bonds. The molecule has 3 rings (SSSR count). The summed E-state index contributed by atoms with van der Waals surface area (Å²) in [6.07, 6.45) is 2.41. The fraction of sp³-hybridized carbons (Fsp3) is 0.238. The van der Waals surface area contributed by atoms with E-state index in [1.165, 1.54) is 18.2 Å². The molecule has 1 N–H and O–H groups in total. The Morgan fingerprint density at radius 1 is 1.25 bits per heavy atom. The monoisotopic (exact) mass is 402 g/mol. The number of nitrogens with zero attached hydrogens (tertiary/aromatic N) is 1. The Bertz CT molecular complexity index is 945. The van der Waals surface area contributed by atoms with Crippen molar-refractivity contribution in [2.45, 2.75) is 32.9 Å². The fourth-order valence-corrected chi connectivity index (χ4v) is 2.91. The van der Waals surface area contributed by atoms with E-state index in [1.807, 2.05) is 13.8 Å². The van der Waals surface area contributed by atoms with Crippen LogP contribution >= 0.6 is 11.6 Å². The molecular formula is C21H20ClFN2O3. The number of hydrogen-bond donors (Lipinski definition) is 1. The predicted octanol–water partition coefficient (Wildman–Crippen LogP) is 4.75. The standard InChI is InChI=1S/C21H20ClFN2O3/c1-3-13(2)28-19-9-8-14(10-16(19)22)11-18-20(26)25(21(27)24-18)12-15-6-4-5-7-17(15)23/h4-11,13H,3,12H2,1-2H3,(H,24,27)/b18-11+/t13-/m1/s1. The molecule has 1 aliphatic rings. The first-order valence-electron chi connectivity index (χ1n) is 8.93. The lowest BCUT2D eigenvalue weighted by atomic mass is 10.1. The van der Waals surface area contributed by atoms with E-state index in [2.05, 4.69) is 5.32 Å². The second kappa shape index (κ2) is 8.44. The van der Waals surface area contributed by atoms with Crippen LogP contribution in [0.2, 0.25) is 5.02 Å². The summed E-state index contributed by atoms with van der Waals surface area (Å²) in [6, 6.07) is 10.6. The van der Waals surface area contributed by atoms with Crippen LogP contribution in [0.25, 0.3) is 6.08 Å². The van der Waals surface area contributed by atoms with Gasteiger partial charge in [-0.15, -0.1) is 0 Å². The first kappa shape index (κ1) is 19.9. The van der Waals surface area contributed by atoms with Gasteiger partial charge in [0.1, 0.15) is 17.3 Å². The van der Waals surface area contributed by atoms with Crippen LogP contribution in [0.5, 0.6) is 5.75 Å². The largest absolute Gasteiger partial charge is 0.489 e. The van der Waals surface area contributed by atoms with Crippen LogP contribution in [-0.2, 0) is 11.3 Å². The molecule has 1 fully saturated rings. The molecule has 0 saturated carbocycles. The normalized spacial score (nSPS) is 16.4. The average Bonchev–Trinajstić information content (AvgIpc) is 2.93. The highest BCUT2D eigenvalue weighted by Crippen LogP contribution is 2.28. The fourth-order valence-electron chi connectivity index (χ4n) is 2.68. The van der Waals surface area contributed by atoms with Crippen LogP contribution in [0.15, 0.2) is 48.2 Å². The number of benzene rings is 2. The maximum absolute atomic E-state index is 13.8. The number of rotatable bonds is 6. The van der Waals surface area contributed by atoms with E-state index in [0.717, 1.165) is 11.3 Å². The molecule has 2 aromatic carbocycles. The van der Waals surface area contributed by atoms with Gasteiger partial charge in [-0.1, -0.05) is 42.8 Å². The lowest BCUT2D eigenvalue weighted by Crippen LogP contribution is -2.30. The van der Waals surface area contributed by atoms with Gasteiger partial charge in [0.15, 0.2) is 0 Å². The number of nitrogens with one attached hydrogen (secondary N) is 1. The second-order valence-electron chi connectivity index (χ2n) is 6.50. The van der Waals surface area contributed by atoms with E-state index in [-0.39, 0.29) is 23.9 Å². The lowest BCUT2D eigenvalue weighted by molar-refractivity contribution is -0.123. The van der Waals surface area contributed by atoms with Gasteiger partial charge in [-0.25, -0.2) is 9.18 Å². The zero-order valence-corrected chi connectivity index (χ0v) is 16.3. The number of carbonyl (C=O) groups excluding carboxylic acids is 2. The average molecular weight is 403 g/mol. The van der Waals surface area contributed by atoms with Gasteiger partial charge in [-0.2, -0.15) is 0 Å². The number of amides is 3. The molecule has 5 nitrogen and oxygen atoms in total. The molecule has 7 heteroatoms. The van der Waals surface area contributed by atoms with Gasteiger partial charge in [-0.3, -0.25) is 9.69 Å². The molecule has 1 saturated heterocycles. The molecule has 146 valence electrons. The van der Waals surface area contributed by atoms with E-state index >= 15 is 0 Å². The quantitative estimate of drug-likeness (QED) is 0.560. The van der Waals surface area contributed by atoms with Crippen molar-refractivity contribution in [3.8, 4) is 5.75 Å². The predicted molar refractivity (Wildman–Crippen MR) is 105 cm³/mol. The van der Waals surface area contributed by atoms with Crippen molar-refractivity contribution in [2.24, 2.45) is 0 Å². The highest BCUT2D eigenvalue weighted by Gasteiger charge is 2.34. The molecule has 0 unspecified atom stereocenters. The number of halogens is 2. The summed E-state index contributed by atoms with van der Waals surface area (Å²) >= 11 is 6.26. The summed E-state index contributed by atoms with van der Waals surface area (Å²) in [5, 5.41) is 2.93. The Morgan fingerprint density at radius 3 is 2.68 bits per heavy atom. The van der Waals surface area contributed by atoms with Gasteiger partial charge in [0, 0.05) is 5.56 Å². The Balaban J connectivity index is 1.78. The topological polar surface area (TPSA) is 58.6 Å². The zero-order valence-electron chi connectivity index (χ0n) is 15.5. The number of urea groups is 1. The molecule has 1 atom stereocenters. The Kier molecular flexibility index (Phi) is 5.99. The molecular weight excluding hydrogens is 383 g/mol. The van der Waals surface area contributed by atoms with Gasteiger partial charge in [0.05, 0.1) is 17.7 Å². The maximum Gasteiger partial charge on any atom is 0.329 e. The van der Waals surface area contributed by atoms with Crippen LogP contribution < -0.4 is 10.1 Å². The summed E-state index contributed by atoms with van der Waals surface area (Å²) in [7, 11) is 0. The Morgan fingerprint density at radius 2 is 2.00 bits per heavy atom. The summed E-state index contributed by atoms with van der Waals surface area (Å²) in [5.74, 6) is -0.436. The molecule has 0 spiro atoms. The first-order chi connectivity index (χ1) is 13.4. The third-order valence-electron chi connectivity index (χ3n) is 4.42. The molecule has 28 heavy (non-hydrogen) atoms. The van der Waals surface area contributed by atoms with Crippen LogP contribution in [-0.4, -0.2) is 22.9 Å². The van der Waals surface area contributed by atoms with Crippen LogP contribution in [0.3, 0.4) is 0 Å². The van der Waals surface area contributed by atoms with Gasteiger partial charge >= 0.3 is 6.03 Å². The minimum absolute atomic E-state index is 0.0318. The third kappa shape index (κ3) is 4.34. The van der Waals surface area contributed by atoms with E-state index in [0.29, 0.717) is 16.3 Å². The van der Waals surface area contributed by atoms with Crippen molar-refractivity contribution < 1.29 is 18.7 Å². The number of hydrogen-bond acceptors (Lipinski definition) is 3. The number of ether oxygens (including phenoxy) is 1. The van der Waals surface area contributed by atoms with Crippen molar-refractivity contribution in [3.05, 3.63) is 70.1 Å². The summed E-state index contributed by atoms with van der Waals surface area (Å²) in [6.45, 7) is 3.82. The molecule has 0 aliphatic carbocycles. The summed E-state index contributed by atoms with van der Waals surface area (Å²) < 4.78 is 19.5. The van der Waals surface area contributed by atoms with E-state index in [4.69, 9.17) is 16.3 Å². The van der Waals surface area contributed by atoms with Crippen molar-refractivity contribution in [1.82, 2.24) is 10.2 Å². The lowest BCUT2D eigenvalue weighted by Gasteiger charge is -2.14. The second-order valence-corrected chi connectivity index (χ2v) is 6.90. The van der Waals surface area contributed by atoms with Crippen molar-refractivity contribution in [1.29, 1.82) is 0 Å². The van der Waals surface area contributed by atoms with E-state index in [9.17, 15) is 14.0 Å². The number of carbonyl (C=O) groups is 2. The van der Waals surface area contributed by atoms with Gasteiger partial charge < -0.3 is 10.1 Å². The minimum atomic E-state index is -0.595.